The summed E-state index contributed by atoms with van der Waals surface area (Å²) in [4.78, 5) is 0. The van der Waals surface area contributed by atoms with Gasteiger partial charge in [-0.15, -0.1) is 0 Å². The van der Waals surface area contributed by atoms with E-state index in [-0.39, 0.29) is 19.0 Å². The molecule has 1 N–H and O–H groups in total. The van der Waals surface area contributed by atoms with Crippen LogP contribution in [0.25, 0.3) is 0 Å². The number of likely N-dealkylation sites (N-methyl/N-ethyl adjacent to an activating group) is 1. The molecule has 0 aliphatic rings. The largest absolute Gasteiger partial charge is 1.00 e. The van der Waals surface area contributed by atoms with Crippen LogP contribution in [0.4, 0.5) is 0 Å². The van der Waals surface area contributed by atoms with E-state index in [4.69, 9.17) is 14.2 Å². The zero-order chi connectivity index (χ0) is 23.3. The molecule has 0 heterocycles. The van der Waals surface area contributed by atoms with Gasteiger partial charge in [-0.25, -0.2) is 0 Å². The Kier molecular flexibility index (Phi) is 24.5. The fraction of sp³-hybridized carbons (Fsp3) is 1.00. The highest BCUT2D eigenvalue weighted by atomic mass is 35.5. The lowest BCUT2D eigenvalue weighted by Gasteiger charge is -2.25. The standard InChI is InChI=1S/C26H56NO4.ClH/c1-6-7-8-9-10-11-12-13-14-15-16-17-18-19-21-30-25-26(2,28)31-24-23-29-22-20-27(3,4)5;/h28H,6-25H2,1-5H3;1H/q+1;/p-1. The van der Waals surface area contributed by atoms with Crippen molar-refractivity contribution < 1.29 is 36.2 Å². The van der Waals surface area contributed by atoms with Gasteiger partial charge in [-0.2, -0.15) is 0 Å². The lowest BCUT2D eigenvalue weighted by atomic mass is 10.0. The number of hydrogen-bond acceptors (Lipinski definition) is 4. The molecule has 0 radical (unpaired) electrons. The fourth-order valence-corrected chi connectivity index (χ4v) is 3.46. The van der Waals surface area contributed by atoms with Crippen molar-refractivity contribution in [2.75, 3.05) is 60.7 Å². The molecular weight excluding hydrogens is 426 g/mol. The van der Waals surface area contributed by atoms with Gasteiger partial charge in [-0.3, -0.25) is 0 Å². The summed E-state index contributed by atoms with van der Waals surface area (Å²) in [5.41, 5.74) is 0. The van der Waals surface area contributed by atoms with E-state index in [0.29, 0.717) is 26.4 Å². The maximum absolute atomic E-state index is 10.2. The summed E-state index contributed by atoms with van der Waals surface area (Å²) < 4.78 is 17.5. The molecular formula is C26H56ClNO4. The molecule has 0 saturated heterocycles. The van der Waals surface area contributed by atoms with Crippen molar-refractivity contribution in [3.8, 4) is 0 Å². The third kappa shape index (κ3) is 28.1. The molecule has 0 spiro atoms. The first-order valence-corrected chi connectivity index (χ1v) is 13.1. The van der Waals surface area contributed by atoms with Crippen LogP contribution in [0.2, 0.25) is 0 Å². The van der Waals surface area contributed by atoms with Crippen LogP contribution in [0.15, 0.2) is 0 Å². The Morgan fingerprint density at radius 1 is 0.625 bits per heavy atom. The van der Waals surface area contributed by atoms with Crippen LogP contribution < -0.4 is 12.4 Å². The Labute approximate surface area is 206 Å². The summed E-state index contributed by atoms with van der Waals surface area (Å²) in [5.74, 6) is -1.24. The van der Waals surface area contributed by atoms with E-state index in [0.717, 1.165) is 17.4 Å². The lowest BCUT2D eigenvalue weighted by molar-refractivity contribution is -0.870. The van der Waals surface area contributed by atoms with Crippen LogP contribution in [-0.2, 0) is 14.2 Å². The van der Waals surface area contributed by atoms with Gasteiger partial charge in [0.25, 0.3) is 0 Å². The highest BCUT2D eigenvalue weighted by Crippen LogP contribution is 2.13. The van der Waals surface area contributed by atoms with Gasteiger partial charge in [-0.05, 0) is 13.3 Å². The number of aliphatic hydroxyl groups is 1. The van der Waals surface area contributed by atoms with E-state index in [1.165, 1.54) is 83.5 Å². The third-order valence-corrected chi connectivity index (χ3v) is 5.56. The average Bonchev–Trinajstić information content (AvgIpc) is 2.69. The highest BCUT2D eigenvalue weighted by molar-refractivity contribution is 4.58. The van der Waals surface area contributed by atoms with Crippen molar-refractivity contribution in [2.45, 2.75) is 110 Å². The summed E-state index contributed by atoms with van der Waals surface area (Å²) in [5, 5.41) is 10.2. The van der Waals surface area contributed by atoms with Gasteiger partial charge >= 0.3 is 0 Å². The minimum Gasteiger partial charge on any atom is -1.00 e. The molecule has 0 aromatic rings. The number of unbranched alkanes of at least 4 members (excludes halogenated alkanes) is 13. The summed E-state index contributed by atoms with van der Waals surface area (Å²) >= 11 is 0. The van der Waals surface area contributed by atoms with Crippen molar-refractivity contribution in [1.29, 1.82) is 0 Å². The molecule has 0 rings (SSSR count). The number of ether oxygens (including phenoxy) is 3. The molecule has 1 atom stereocenters. The topological polar surface area (TPSA) is 47.9 Å². The minimum atomic E-state index is -1.24. The van der Waals surface area contributed by atoms with Crippen molar-refractivity contribution in [3.05, 3.63) is 0 Å². The second kappa shape index (κ2) is 22.9. The predicted octanol–water partition coefficient (Wildman–Crippen LogP) is 2.94. The molecule has 1 unspecified atom stereocenters. The maximum Gasteiger partial charge on any atom is 0.186 e. The smallest absolute Gasteiger partial charge is 0.186 e. The van der Waals surface area contributed by atoms with E-state index in [1.54, 1.807) is 6.92 Å². The Hall–Kier alpha value is 0.0900. The first-order valence-electron chi connectivity index (χ1n) is 13.1. The zero-order valence-electron chi connectivity index (χ0n) is 22.1. The van der Waals surface area contributed by atoms with E-state index >= 15 is 0 Å². The molecule has 0 fully saturated rings. The molecule has 32 heavy (non-hydrogen) atoms. The Bertz CT molecular complexity index is 375. The third-order valence-electron chi connectivity index (χ3n) is 5.56. The molecule has 0 aliphatic heterocycles. The van der Waals surface area contributed by atoms with Crippen LogP contribution in [0.1, 0.15) is 104 Å². The molecule has 0 aliphatic carbocycles. The molecule has 196 valence electrons. The van der Waals surface area contributed by atoms with Crippen molar-refractivity contribution in [2.24, 2.45) is 0 Å². The number of halogens is 1. The lowest BCUT2D eigenvalue weighted by Crippen LogP contribution is -3.00. The first-order chi connectivity index (χ1) is 14.8. The van der Waals surface area contributed by atoms with Gasteiger partial charge in [0, 0.05) is 6.61 Å². The molecule has 0 aromatic carbocycles. The second-order valence-corrected chi connectivity index (χ2v) is 10.3. The quantitative estimate of drug-likeness (QED) is 0.131. The molecule has 0 aromatic heterocycles. The first kappa shape index (κ1) is 34.3. The van der Waals surface area contributed by atoms with E-state index in [1.807, 2.05) is 0 Å². The van der Waals surface area contributed by atoms with Crippen molar-refractivity contribution in [1.82, 2.24) is 0 Å². The average molecular weight is 482 g/mol. The number of hydrogen-bond donors (Lipinski definition) is 1. The molecule has 0 saturated carbocycles. The minimum absolute atomic E-state index is 0. The van der Waals surface area contributed by atoms with Gasteiger partial charge in [0.1, 0.15) is 13.2 Å². The Balaban J connectivity index is 0. The van der Waals surface area contributed by atoms with Gasteiger partial charge in [0.15, 0.2) is 5.79 Å². The number of rotatable bonds is 24. The SMILES string of the molecule is CCCCCCCCCCCCCCCCOCC(C)(O)OCCOCC[N+](C)(C)C.[Cl-]. The summed E-state index contributed by atoms with van der Waals surface area (Å²) in [6.07, 6.45) is 19.0. The van der Waals surface area contributed by atoms with Crippen LogP contribution in [-0.4, -0.2) is 76.1 Å². The van der Waals surface area contributed by atoms with Gasteiger partial charge < -0.3 is 36.2 Å². The fourth-order valence-electron chi connectivity index (χ4n) is 3.46. The normalized spacial score (nSPS) is 13.7. The Morgan fingerprint density at radius 3 is 1.56 bits per heavy atom. The highest BCUT2D eigenvalue weighted by Gasteiger charge is 2.21. The monoisotopic (exact) mass is 481 g/mol. The second-order valence-electron chi connectivity index (χ2n) is 10.3. The van der Waals surface area contributed by atoms with E-state index < -0.39 is 5.79 Å². The van der Waals surface area contributed by atoms with Crippen LogP contribution in [0.5, 0.6) is 0 Å². The van der Waals surface area contributed by atoms with Crippen LogP contribution in [0.3, 0.4) is 0 Å². The van der Waals surface area contributed by atoms with Crippen LogP contribution >= 0.6 is 0 Å². The predicted molar refractivity (Wildman–Crippen MR) is 131 cm³/mol. The van der Waals surface area contributed by atoms with Gasteiger partial charge in [0.2, 0.25) is 0 Å². The van der Waals surface area contributed by atoms with Crippen molar-refractivity contribution in [3.63, 3.8) is 0 Å². The Morgan fingerprint density at radius 2 is 1.09 bits per heavy atom. The van der Waals surface area contributed by atoms with Gasteiger partial charge in [0.05, 0.1) is 41.0 Å². The van der Waals surface area contributed by atoms with Crippen LogP contribution in [0, 0.1) is 0 Å². The van der Waals surface area contributed by atoms with E-state index in [9.17, 15) is 5.11 Å². The van der Waals surface area contributed by atoms with E-state index in [2.05, 4.69) is 28.1 Å². The molecule has 5 nitrogen and oxygen atoms in total. The summed E-state index contributed by atoms with van der Waals surface area (Å²) in [7, 11) is 6.42. The zero-order valence-corrected chi connectivity index (χ0v) is 22.9. The number of quaternary nitrogens is 1. The van der Waals surface area contributed by atoms with Gasteiger partial charge in [-0.1, -0.05) is 90.4 Å². The molecule has 6 heteroatoms. The molecule has 0 amide bonds. The van der Waals surface area contributed by atoms with Crippen molar-refractivity contribution >= 4 is 0 Å². The summed E-state index contributed by atoms with van der Waals surface area (Å²) in [6, 6.07) is 0. The number of nitrogens with zero attached hydrogens (tertiary/aromatic N) is 1. The summed E-state index contributed by atoms with van der Waals surface area (Å²) in [6.45, 7) is 7.37. The molecule has 0 bridgehead atoms. The maximum atomic E-state index is 10.2.